The molecule has 1 aliphatic heterocycles. The summed E-state index contributed by atoms with van der Waals surface area (Å²) in [5.74, 6) is -0.542. The van der Waals surface area contributed by atoms with E-state index in [1.807, 2.05) is 31.2 Å². The van der Waals surface area contributed by atoms with Gasteiger partial charge >= 0.3 is 5.97 Å². The molecule has 1 unspecified atom stereocenters. The standard InChI is InChI=1S/C22H24N2O5/c1-13(2)29-21(26)11-18(15-6-4-14(3)5-7-15)24-22(27)16-8-9-17-19(10-16)28-12-20(25)23-17/h4-10,13,18H,11-12H2,1-3H3,(H,23,25)(H,24,27). The highest BCUT2D eigenvalue weighted by molar-refractivity contribution is 5.99. The van der Waals surface area contributed by atoms with Crippen LogP contribution in [0.15, 0.2) is 42.5 Å². The van der Waals surface area contributed by atoms with Gasteiger partial charge in [0, 0.05) is 5.56 Å². The van der Waals surface area contributed by atoms with E-state index in [0.717, 1.165) is 11.1 Å². The van der Waals surface area contributed by atoms with E-state index in [1.165, 1.54) is 0 Å². The smallest absolute Gasteiger partial charge is 0.308 e. The summed E-state index contributed by atoms with van der Waals surface area (Å²) in [6, 6.07) is 11.9. The molecule has 2 aromatic carbocycles. The fraction of sp³-hybridized carbons (Fsp3) is 0.318. The first-order chi connectivity index (χ1) is 13.8. The number of esters is 1. The fourth-order valence-corrected chi connectivity index (χ4v) is 2.99. The Morgan fingerprint density at radius 3 is 2.59 bits per heavy atom. The van der Waals surface area contributed by atoms with Gasteiger partial charge in [-0.1, -0.05) is 29.8 Å². The zero-order valence-electron chi connectivity index (χ0n) is 16.7. The zero-order valence-corrected chi connectivity index (χ0v) is 16.7. The van der Waals surface area contributed by atoms with E-state index < -0.39 is 6.04 Å². The first kappa shape index (κ1) is 20.4. The van der Waals surface area contributed by atoms with Gasteiger partial charge in [0.15, 0.2) is 6.61 Å². The molecule has 7 nitrogen and oxygen atoms in total. The van der Waals surface area contributed by atoms with Gasteiger partial charge in [-0.25, -0.2) is 0 Å². The lowest BCUT2D eigenvalue weighted by Gasteiger charge is -2.21. The van der Waals surface area contributed by atoms with Gasteiger partial charge in [0.25, 0.3) is 11.8 Å². The molecule has 0 saturated carbocycles. The highest BCUT2D eigenvalue weighted by atomic mass is 16.5. The second-order valence-electron chi connectivity index (χ2n) is 7.23. The van der Waals surface area contributed by atoms with Crippen LogP contribution in [0.1, 0.15) is 47.8 Å². The molecule has 0 fully saturated rings. The molecule has 1 heterocycles. The number of benzene rings is 2. The molecule has 1 aliphatic rings. The Balaban J connectivity index is 1.79. The Morgan fingerprint density at radius 1 is 1.17 bits per heavy atom. The Morgan fingerprint density at radius 2 is 1.90 bits per heavy atom. The van der Waals surface area contributed by atoms with Crippen LogP contribution in [0.5, 0.6) is 5.75 Å². The summed E-state index contributed by atoms with van der Waals surface area (Å²) >= 11 is 0. The average molecular weight is 396 g/mol. The van der Waals surface area contributed by atoms with Crippen LogP contribution in [0.25, 0.3) is 0 Å². The minimum absolute atomic E-state index is 0.0183. The quantitative estimate of drug-likeness (QED) is 0.732. The monoisotopic (exact) mass is 396 g/mol. The lowest BCUT2D eigenvalue weighted by atomic mass is 10.0. The molecule has 7 heteroatoms. The van der Waals surface area contributed by atoms with Gasteiger partial charge in [-0.05, 0) is 44.5 Å². The Hall–Kier alpha value is -3.35. The highest BCUT2D eigenvalue weighted by Gasteiger charge is 2.22. The number of fused-ring (bicyclic) bond motifs is 1. The Bertz CT molecular complexity index is 921. The molecular weight excluding hydrogens is 372 g/mol. The maximum atomic E-state index is 12.8. The van der Waals surface area contributed by atoms with Gasteiger partial charge in [0.05, 0.1) is 24.3 Å². The Kier molecular flexibility index (Phi) is 6.16. The molecule has 2 N–H and O–H groups in total. The minimum Gasteiger partial charge on any atom is -0.482 e. The second-order valence-corrected chi connectivity index (χ2v) is 7.23. The summed E-state index contributed by atoms with van der Waals surface area (Å²) in [4.78, 5) is 36.4. The molecule has 0 bridgehead atoms. The zero-order chi connectivity index (χ0) is 21.0. The van der Waals surface area contributed by atoms with Crippen LogP contribution in [0, 0.1) is 6.92 Å². The molecule has 2 aromatic rings. The maximum Gasteiger partial charge on any atom is 0.308 e. The van der Waals surface area contributed by atoms with Crippen LogP contribution in [0.4, 0.5) is 5.69 Å². The number of aryl methyl sites for hydroxylation is 1. The maximum absolute atomic E-state index is 12.8. The van der Waals surface area contributed by atoms with Crippen molar-refractivity contribution in [3.05, 3.63) is 59.2 Å². The van der Waals surface area contributed by atoms with Crippen molar-refractivity contribution < 1.29 is 23.9 Å². The van der Waals surface area contributed by atoms with E-state index in [1.54, 1.807) is 32.0 Å². The van der Waals surface area contributed by atoms with Crippen LogP contribution in [0.2, 0.25) is 0 Å². The van der Waals surface area contributed by atoms with Gasteiger partial charge in [-0.3, -0.25) is 14.4 Å². The number of anilines is 1. The first-order valence-electron chi connectivity index (χ1n) is 9.45. The van der Waals surface area contributed by atoms with Crippen LogP contribution in [-0.2, 0) is 14.3 Å². The summed E-state index contributed by atoms with van der Waals surface area (Å²) < 4.78 is 10.6. The van der Waals surface area contributed by atoms with E-state index in [2.05, 4.69) is 10.6 Å². The number of carbonyl (C=O) groups is 3. The van der Waals surface area contributed by atoms with Crippen molar-refractivity contribution in [3.8, 4) is 5.75 Å². The van der Waals surface area contributed by atoms with Crippen molar-refractivity contribution in [3.63, 3.8) is 0 Å². The van der Waals surface area contributed by atoms with Crippen LogP contribution in [0.3, 0.4) is 0 Å². The molecule has 29 heavy (non-hydrogen) atoms. The molecule has 0 saturated heterocycles. The lowest BCUT2D eigenvalue weighted by molar-refractivity contribution is -0.148. The van der Waals surface area contributed by atoms with Gasteiger partial charge in [-0.2, -0.15) is 0 Å². The molecule has 0 radical (unpaired) electrons. The third kappa shape index (κ3) is 5.34. The van der Waals surface area contributed by atoms with E-state index in [-0.39, 0.29) is 36.9 Å². The van der Waals surface area contributed by atoms with E-state index in [0.29, 0.717) is 17.0 Å². The van der Waals surface area contributed by atoms with E-state index in [9.17, 15) is 14.4 Å². The van der Waals surface area contributed by atoms with Gasteiger partial charge < -0.3 is 20.1 Å². The number of ether oxygens (including phenoxy) is 2. The fourth-order valence-electron chi connectivity index (χ4n) is 2.99. The van der Waals surface area contributed by atoms with Gasteiger partial charge in [-0.15, -0.1) is 0 Å². The molecule has 0 aromatic heterocycles. The number of amides is 2. The molecule has 152 valence electrons. The summed E-state index contributed by atoms with van der Waals surface area (Å²) in [7, 11) is 0. The minimum atomic E-state index is -0.536. The summed E-state index contributed by atoms with van der Waals surface area (Å²) in [6.07, 6.45) is -0.213. The first-order valence-corrected chi connectivity index (χ1v) is 9.45. The van der Waals surface area contributed by atoms with Crippen molar-refractivity contribution in [1.82, 2.24) is 5.32 Å². The third-order valence-corrected chi connectivity index (χ3v) is 4.40. The summed E-state index contributed by atoms with van der Waals surface area (Å²) in [6.45, 7) is 5.44. The number of hydrogen-bond donors (Lipinski definition) is 2. The van der Waals surface area contributed by atoms with Gasteiger partial charge in [0.1, 0.15) is 5.75 Å². The van der Waals surface area contributed by atoms with Crippen LogP contribution >= 0.6 is 0 Å². The second kappa shape index (κ2) is 8.77. The predicted molar refractivity (Wildman–Crippen MR) is 108 cm³/mol. The molecule has 2 amide bonds. The molecule has 0 spiro atoms. The number of carbonyl (C=O) groups excluding carboxylic acids is 3. The highest BCUT2D eigenvalue weighted by Crippen LogP contribution is 2.29. The SMILES string of the molecule is Cc1ccc(C(CC(=O)OC(C)C)NC(=O)c2ccc3c(c2)OCC(=O)N3)cc1. The topological polar surface area (TPSA) is 93.7 Å². The lowest BCUT2D eigenvalue weighted by Crippen LogP contribution is -2.31. The summed E-state index contributed by atoms with van der Waals surface area (Å²) in [5, 5.41) is 5.59. The van der Waals surface area contributed by atoms with Gasteiger partial charge in [0.2, 0.25) is 0 Å². The normalized spacial score (nSPS) is 13.7. The molecule has 1 atom stereocenters. The number of rotatable bonds is 6. The van der Waals surface area contributed by atoms with Crippen LogP contribution < -0.4 is 15.4 Å². The third-order valence-electron chi connectivity index (χ3n) is 4.40. The summed E-state index contributed by atoms with van der Waals surface area (Å²) in [5.41, 5.74) is 2.78. The van der Waals surface area contributed by atoms with E-state index in [4.69, 9.17) is 9.47 Å². The molecule has 0 aliphatic carbocycles. The van der Waals surface area contributed by atoms with Crippen LogP contribution in [-0.4, -0.2) is 30.5 Å². The van der Waals surface area contributed by atoms with Crippen molar-refractivity contribution in [2.45, 2.75) is 39.3 Å². The van der Waals surface area contributed by atoms with Crippen molar-refractivity contribution in [1.29, 1.82) is 0 Å². The number of nitrogens with one attached hydrogen (secondary N) is 2. The number of hydrogen-bond acceptors (Lipinski definition) is 5. The average Bonchev–Trinajstić information content (AvgIpc) is 2.67. The molecule has 3 rings (SSSR count). The van der Waals surface area contributed by atoms with E-state index >= 15 is 0 Å². The Labute approximate surface area is 169 Å². The van der Waals surface area contributed by atoms with Crippen molar-refractivity contribution in [2.75, 3.05) is 11.9 Å². The molecular formula is C22H24N2O5. The predicted octanol–water partition coefficient (Wildman–Crippen LogP) is 3.14. The van der Waals surface area contributed by atoms with Crippen molar-refractivity contribution >= 4 is 23.5 Å². The van der Waals surface area contributed by atoms with Crippen molar-refractivity contribution in [2.24, 2.45) is 0 Å². The largest absolute Gasteiger partial charge is 0.482 e.